The van der Waals surface area contributed by atoms with Gasteiger partial charge in [0, 0.05) is 31.9 Å². The van der Waals surface area contributed by atoms with Crippen LogP contribution in [0.5, 0.6) is 5.75 Å². The van der Waals surface area contributed by atoms with Crippen molar-refractivity contribution in [2.45, 2.75) is 91.8 Å². The molecule has 2 aromatic rings. The molecule has 1 heterocycles. The molecule has 1 fully saturated rings. The Morgan fingerprint density at radius 2 is 1.54 bits per heavy atom. The highest BCUT2D eigenvalue weighted by Crippen LogP contribution is 2.23. The van der Waals surface area contributed by atoms with Crippen LogP contribution in [0.1, 0.15) is 79.2 Å². The molecule has 0 radical (unpaired) electrons. The number of amides is 3. The molecule has 0 bridgehead atoms. The molecule has 1 aliphatic heterocycles. The SMILES string of the molecule is CC(C)CC(NC(=O)N1CCCCCC1)C(=O)NC(C)(C)CN(CC(C)C)c1ccc(OCc2ccccc2)cc1. The van der Waals surface area contributed by atoms with Crippen molar-refractivity contribution >= 4 is 17.6 Å². The van der Waals surface area contributed by atoms with Gasteiger partial charge in [0.05, 0.1) is 5.54 Å². The minimum atomic E-state index is -0.565. The molecule has 3 rings (SSSR count). The standard InChI is InChI=1S/C34H52N4O3/c1-26(2)22-31(35-33(40)37-20-12-7-8-13-21-37)32(39)36-34(5,6)25-38(23-27(3)4)29-16-18-30(19-17-29)41-24-28-14-10-9-11-15-28/h9-11,14-19,26-27,31H,7-8,12-13,20-25H2,1-6H3,(H,35,40)(H,36,39). The van der Waals surface area contributed by atoms with Crippen molar-refractivity contribution < 1.29 is 14.3 Å². The molecule has 3 amide bonds. The van der Waals surface area contributed by atoms with E-state index < -0.39 is 11.6 Å². The monoisotopic (exact) mass is 564 g/mol. The lowest BCUT2D eigenvalue weighted by molar-refractivity contribution is -0.124. The zero-order valence-electron chi connectivity index (χ0n) is 26.1. The summed E-state index contributed by atoms with van der Waals surface area (Å²) in [6.45, 7) is 16.2. The number of nitrogens with zero attached hydrogens (tertiary/aromatic N) is 2. The minimum absolute atomic E-state index is 0.124. The first-order valence-corrected chi connectivity index (χ1v) is 15.4. The Labute approximate surface area is 248 Å². The summed E-state index contributed by atoms with van der Waals surface area (Å²) in [4.78, 5) is 30.8. The lowest BCUT2D eigenvalue weighted by atomic mass is 9.99. The van der Waals surface area contributed by atoms with E-state index in [-0.39, 0.29) is 17.9 Å². The maximum atomic E-state index is 13.6. The Balaban J connectivity index is 1.65. The molecule has 7 nitrogen and oxygen atoms in total. The van der Waals surface area contributed by atoms with E-state index in [1.165, 1.54) is 0 Å². The fraction of sp³-hybridized carbons (Fsp3) is 0.588. The Morgan fingerprint density at radius 3 is 2.12 bits per heavy atom. The summed E-state index contributed by atoms with van der Waals surface area (Å²) in [6, 6.07) is 17.6. The summed E-state index contributed by atoms with van der Waals surface area (Å²) < 4.78 is 5.99. The van der Waals surface area contributed by atoms with E-state index in [9.17, 15) is 9.59 Å². The summed E-state index contributed by atoms with van der Waals surface area (Å²) in [7, 11) is 0. The van der Waals surface area contributed by atoms with E-state index >= 15 is 0 Å². The fourth-order valence-corrected chi connectivity index (χ4v) is 5.35. The van der Waals surface area contributed by atoms with Gasteiger partial charge in [-0.25, -0.2) is 4.79 Å². The van der Waals surface area contributed by atoms with Gasteiger partial charge in [-0.1, -0.05) is 70.9 Å². The normalized spacial score (nSPS) is 14.9. The molecule has 2 N–H and O–H groups in total. The van der Waals surface area contributed by atoms with Crippen LogP contribution >= 0.6 is 0 Å². The van der Waals surface area contributed by atoms with Gasteiger partial charge in [-0.05, 0) is 74.8 Å². The number of urea groups is 1. The Morgan fingerprint density at radius 1 is 0.902 bits per heavy atom. The second kappa shape index (κ2) is 15.7. The predicted molar refractivity (Wildman–Crippen MR) is 168 cm³/mol. The van der Waals surface area contributed by atoms with E-state index in [1.807, 2.05) is 35.2 Å². The number of rotatable bonds is 13. The Kier molecular flexibility index (Phi) is 12.4. The van der Waals surface area contributed by atoms with Gasteiger partial charge in [-0.2, -0.15) is 0 Å². The first-order valence-electron chi connectivity index (χ1n) is 15.4. The number of anilines is 1. The Hall–Kier alpha value is -3.22. The summed E-state index contributed by atoms with van der Waals surface area (Å²) >= 11 is 0. The number of benzene rings is 2. The average Bonchev–Trinajstić information content (AvgIpc) is 3.21. The summed E-state index contributed by atoms with van der Waals surface area (Å²) in [5.41, 5.74) is 1.70. The molecule has 0 spiro atoms. The maximum absolute atomic E-state index is 13.6. The number of ether oxygens (including phenoxy) is 1. The Bertz CT molecular complexity index is 1060. The molecule has 0 aromatic heterocycles. The second-order valence-electron chi connectivity index (χ2n) is 12.9. The van der Waals surface area contributed by atoms with Crippen molar-refractivity contribution in [2.24, 2.45) is 11.8 Å². The first-order chi connectivity index (χ1) is 19.5. The van der Waals surface area contributed by atoms with E-state index in [0.29, 0.717) is 25.5 Å². The third-order valence-electron chi connectivity index (χ3n) is 7.30. The number of hydrogen-bond acceptors (Lipinski definition) is 4. The van der Waals surface area contributed by atoms with E-state index in [1.54, 1.807) is 0 Å². The molecule has 2 aromatic carbocycles. The van der Waals surface area contributed by atoms with Gasteiger partial charge < -0.3 is 25.2 Å². The van der Waals surface area contributed by atoms with Crippen LogP contribution in [0.2, 0.25) is 0 Å². The third-order valence-corrected chi connectivity index (χ3v) is 7.30. The van der Waals surface area contributed by atoms with Gasteiger partial charge in [0.1, 0.15) is 18.4 Å². The molecule has 0 aliphatic carbocycles. The molecular formula is C34H52N4O3. The topological polar surface area (TPSA) is 73.9 Å². The second-order valence-corrected chi connectivity index (χ2v) is 12.9. The third kappa shape index (κ3) is 11.3. The van der Waals surface area contributed by atoms with Crippen molar-refractivity contribution in [1.29, 1.82) is 0 Å². The summed E-state index contributed by atoms with van der Waals surface area (Å²) in [5, 5.41) is 6.33. The smallest absolute Gasteiger partial charge is 0.318 e. The zero-order chi connectivity index (χ0) is 29.8. The van der Waals surface area contributed by atoms with Crippen LogP contribution < -0.4 is 20.3 Å². The van der Waals surface area contributed by atoms with Crippen LogP contribution in [-0.4, -0.2) is 54.6 Å². The highest BCUT2D eigenvalue weighted by atomic mass is 16.5. The first kappa shape index (κ1) is 32.3. The number of likely N-dealkylation sites (tertiary alicyclic amines) is 1. The molecular weight excluding hydrogens is 512 g/mol. The highest BCUT2D eigenvalue weighted by Gasteiger charge is 2.30. The van der Waals surface area contributed by atoms with Crippen LogP contribution in [0.15, 0.2) is 54.6 Å². The average molecular weight is 565 g/mol. The van der Waals surface area contributed by atoms with Gasteiger partial charge in [-0.3, -0.25) is 4.79 Å². The molecule has 1 saturated heterocycles. The van der Waals surface area contributed by atoms with Crippen LogP contribution in [0.25, 0.3) is 0 Å². The molecule has 41 heavy (non-hydrogen) atoms. The van der Waals surface area contributed by atoms with E-state index in [2.05, 4.69) is 81.3 Å². The van der Waals surface area contributed by atoms with Crippen LogP contribution in [0.3, 0.4) is 0 Å². The summed E-state index contributed by atoms with van der Waals surface area (Å²) in [5.74, 6) is 1.42. The number of nitrogens with one attached hydrogen (secondary N) is 2. The number of hydrogen-bond donors (Lipinski definition) is 2. The molecule has 1 aliphatic rings. The van der Waals surface area contributed by atoms with Gasteiger partial charge in [0.25, 0.3) is 0 Å². The lowest BCUT2D eigenvalue weighted by Gasteiger charge is -2.37. The lowest BCUT2D eigenvalue weighted by Crippen LogP contribution is -2.58. The van der Waals surface area contributed by atoms with Crippen molar-refractivity contribution in [2.75, 3.05) is 31.1 Å². The van der Waals surface area contributed by atoms with Gasteiger partial charge in [0.15, 0.2) is 0 Å². The van der Waals surface area contributed by atoms with Crippen LogP contribution in [0, 0.1) is 11.8 Å². The van der Waals surface area contributed by atoms with Crippen molar-refractivity contribution in [3.05, 3.63) is 60.2 Å². The summed E-state index contributed by atoms with van der Waals surface area (Å²) in [6.07, 6.45) is 4.96. The van der Waals surface area contributed by atoms with Gasteiger partial charge >= 0.3 is 6.03 Å². The quantitative estimate of drug-likeness (QED) is 0.287. The predicted octanol–water partition coefficient (Wildman–Crippen LogP) is 6.62. The van der Waals surface area contributed by atoms with Crippen molar-refractivity contribution in [1.82, 2.24) is 15.5 Å². The molecule has 1 unspecified atom stereocenters. The van der Waals surface area contributed by atoms with Crippen molar-refractivity contribution in [3.8, 4) is 5.75 Å². The van der Waals surface area contributed by atoms with E-state index in [0.717, 1.165) is 62.3 Å². The molecule has 1 atom stereocenters. The number of carbonyl (C=O) groups excluding carboxylic acids is 2. The molecule has 0 saturated carbocycles. The zero-order valence-corrected chi connectivity index (χ0v) is 26.1. The fourth-order valence-electron chi connectivity index (χ4n) is 5.35. The molecule has 7 heteroatoms. The van der Waals surface area contributed by atoms with E-state index in [4.69, 9.17) is 4.74 Å². The highest BCUT2D eigenvalue weighted by molar-refractivity contribution is 5.87. The van der Waals surface area contributed by atoms with Gasteiger partial charge in [-0.15, -0.1) is 0 Å². The molecule has 226 valence electrons. The maximum Gasteiger partial charge on any atom is 0.318 e. The van der Waals surface area contributed by atoms with Crippen molar-refractivity contribution in [3.63, 3.8) is 0 Å². The largest absolute Gasteiger partial charge is 0.489 e. The number of carbonyl (C=O) groups is 2. The minimum Gasteiger partial charge on any atom is -0.489 e. The van der Waals surface area contributed by atoms with Crippen LogP contribution in [-0.2, 0) is 11.4 Å². The van der Waals surface area contributed by atoms with Gasteiger partial charge in [0.2, 0.25) is 5.91 Å². The van der Waals surface area contributed by atoms with Crippen LogP contribution in [0.4, 0.5) is 10.5 Å².